The Morgan fingerprint density at radius 1 is 1.07 bits per heavy atom. The molecule has 1 amide bonds. The van der Waals surface area contributed by atoms with Crippen LogP contribution in [0.3, 0.4) is 0 Å². The summed E-state index contributed by atoms with van der Waals surface area (Å²) < 4.78 is 25.3. The monoisotopic (exact) mass is 414 g/mol. The number of hydrogen-bond donors (Lipinski definition) is 2. The molecular formula is C20H31ClN2O3S. The molecule has 0 heterocycles. The van der Waals surface area contributed by atoms with E-state index >= 15 is 0 Å². The number of benzene rings is 1. The topological polar surface area (TPSA) is 89.3 Å². The normalized spacial score (nSPS) is 24.0. The third-order valence-corrected chi connectivity index (χ3v) is 7.93. The van der Waals surface area contributed by atoms with Crippen molar-refractivity contribution in [3.63, 3.8) is 0 Å². The van der Waals surface area contributed by atoms with Crippen molar-refractivity contribution < 1.29 is 13.2 Å². The number of carbonyl (C=O) groups excluding carboxylic acids is 1. The van der Waals surface area contributed by atoms with Crippen LogP contribution in [0.5, 0.6) is 0 Å². The molecule has 0 saturated heterocycles. The first-order chi connectivity index (χ1) is 12.4. The van der Waals surface area contributed by atoms with Gasteiger partial charge < -0.3 is 11.1 Å². The summed E-state index contributed by atoms with van der Waals surface area (Å²) in [6.45, 7) is 0. The predicted molar refractivity (Wildman–Crippen MR) is 112 cm³/mol. The van der Waals surface area contributed by atoms with Crippen LogP contribution in [0.25, 0.3) is 0 Å². The fourth-order valence-electron chi connectivity index (χ4n) is 4.22. The van der Waals surface area contributed by atoms with Gasteiger partial charge in [-0.3, -0.25) is 4.79 Å². The lowest BCUT2D eigenvalue weighted by atomic mass is 9.85. The Morgan fingerprint density at radius 3 is 2.52 bits per heavy atom. The molecule has 152 valence electrons. The van der Waals surface area contributed by atoms with Crippen LogP contribution in [-0.2, 0) is 20.4 Å². The van der Waals surface area contributed by atoms with E-state index in [-0.39, 0.29) is 41.3 Å². The molecule has 1 aromatic carbocycles. The molecule has 2 fully saturated rings. The molecule has 5 nitrogen and oxygen atoms in total. The minimum Gasteiger partial charge on any atom is -0.328 e. The maximum absolute atomic E-state index is 12.7. The molecule has 3 rings (SSSR count). The highest BCUT2D eigenvalue weighted by atomic mass is 35.5. The number of hydrogen-bond acceptors (Lipinski definition) is 4. The molecule has 2 aliphatic carbocycles. The van der Waals surface area contributed by atoms with Gasteiger partial charge >= 0.3 is 0 Å². The molecule has 2 aliphatic rings. The van der Waals surface area contributed by atoms with Gasteiger partial charge in [-0.05, 0) is 49.8 Å². The van der Waals surface area contributed by atoms with Crippen LogP contribution in [0.2, 0.25) is 0 Å². The Labute approximate surface area is 168 Å². The maximum Gasteiger partial charge on any atom is 0.227 e. The Balaban J connectivity index is 0.00000261. The van der Waals surface area contributed by atoms with Crippen molar-refractivity contribution in [2.24, 2.45) is 11.7 Å². The number of nitrogens with one attached hydrogen (secondary N) is 1. The fraction of sp³-hybridized carbons (Fsp3) is 0.650. The van der Waals surface area contributed by atoms with Gasteiger partial charge in [0.2, 0.25) is 5.91 Å². The maximum atomic E-state index is 12.7. The standard InChI is InChI=1S/C20H30N2O3S.ClH/c21-17-8-5-7-16(13-17)20(23)22-18-9-4-6-15(12-18)14-26(24,25)19-10-2-1-3-11-19;/h4,6,9,12,16-17,19H,1-3,5,7-8,10-11,13-14,21H2,(H,22,23);1H. The van der Waals surface area contributed by atoms with Crippen LogP contribution in [0.15, 0.2) is 24.3 Å². The molecule has 0 aliphatic heterocycles. The van der Waals surface area contributed by atoms with Crippen LogP contribution in [0, 0.1) is 5.92 Å². The average Bonchev–Trinajstić information content (AvgIpc) is 2.62. The molecule has 7 heteroatoms. The van der Waals surface area contributed by atoms with Crippen molar-refractivity contribution in [3.8, 4) is 0 Å². The van der Waals surface area contributed by atoms with Crippen LogP contribution in [-0.4, -0.2) is 25.6 Å². The van der Waals surface area contributed by atoms with Crippen LogP contribution in [0.4, 0.5) is 5.69 Å². The first-order valence-electron chi connectivity index (χ1n) is 9.81. The SMILES string of the molecule is Cl.NC1CCCC(C(=O)Nc2cccc(CS(=O)(=O)C3CCCCC3)c2)C1. The van der Waals surface area contributed by atoms with Gasteiger partial charge in [-0.15, -0.1) is 12.4 Å². The van der Waals surface area contributed by atoms with E-state index < -0.39 is 9.84 Å². The number of carbonyl (C=O) groups is 1. The highest BCUT2D eigenvalue weighted by molar-refractivity contribution is 7.91. The van der Waals surface area contributed by atoms with E-state index in [1.165, 1.54) is 0 Å². The summed E-state index contributed by atoms with van der Waals surface area (Å²) in [6, 6.07) is 7.35. The Bertz CT molecular complexity index is 732. The number of halogens is 1. The van der Waals surface area contributed by atoms with Crippen molar-refractivity contribution >= 4 is 33.8 Å². The summed E-state index contributed by atoms with van der Waals surface area (Å²) in [7, 11) is -3.14. The van der Waals surface area contributed by atoms with Crippen molar-refractivity contribution in [2.45, 2.75) is 74.8 Å². The Kier molecular flexibility index (Phi) is 8.13. The third kappa shape index (κ3) is 6.19. The Hall–Kier alpha value is -1.11. The smallest absolute Gasteiger partial charge is 0.227 e. The van der Waals surface area contributed by atoms with Gasteiger partial charge in [0.15, 0.2) is 9.84 Å². The predicted octanol–water partition coefficient (Wildman–Crippen LogP) is 3.81. The van der Waals surface area contributed by atoms with Gasteiger partial charge in [-0.2, -0.15) is 0 Å². The minimum atomic E-state index is -3.14. The van der Waals surface area contributed by atoms with Gasteiger partial charge in [0.25, 0.3) is 0 Å². The summed E-state index contributed by atoms with van der Waals surface area (Å²) in [4.78, 5) is 12.5. The van der Waals surface area contributed by atoms with E-state index in [1.54, 1.807) is 6.07 Å². The lowest BCUT2D eigenvalue weighted by molar-refractivity contribution is -0.120. The summed E-state index contributed by atoms with van der Waals surface area (Å²) in [5, 5.41) is 2.74. The average molecular weight is 415 g/mol. The van der Waals surface area contributed by atoms with E-state index in [0.29, 0.717) is 5.69 Å². The zero-order valence-corrected chi connectivity index (χ0v) is 17.4. The highest BCUT2D eigenvalue weighted by Crippen LogP contribution is 2.27. The summed E-state index contributed by atoms with van der Waals surface area (Å²) in [6.07, 6.45) is 8.26. The van der Waals surface area contributed by atoms with Crippen LogP contribution in [0.1, 0.15) is 63.4 Å². The van der Waals surface area contributed by atoms with E-state index in [1.807, 2.05) is 18.2 Å². The first-order valence-corrected chi connectivity index (χ1v) is 11.5. The quantitative estimate of drug-likeness (QED) is 0.766. The summed E-state index contributed by atoms with van der Waals surface area (Å²) in [5.41, 5.74) is 7.39. The second kappa shape index (κ2) is 9.89. The second-order valence-corrected chi connectivity index (χ2v) is 10.2. The number of sulfone groups is 1. The van der Waals surface area contributed by atoms with Crippen molar-refractivity contribution in [1.82, 2.24) is 0 Å². The molecule has 1 aromatic rings. The molecule has 2 atom stereocenters. The van der Waals surface area contributed by atoms with Gasteiger partial charge in [0, 0.05) is 17.6 Å². The summed E-state index contributed by atoms with van der Waals surface area (Å²) >= 11 is 0. The molecular weight excluding hydrogens is 384 g/mol. The molecule has 0 aromatic heterocycles. The van der Waals surface area contributed by atoms with Gasteiger partial charge in [0.1, 0.15) is 0 Å². The zero-order valence-electron chi connectivity index (χ0n) is 15.7. The van der Waals surface area contributed by atoms with Crippen LogP contribution < -0.4 is 11.1 Å². The van der Waals surface area contributed by atoms with Crippen molar-refractivity contribution in [1.29, 1.82) is 0 Å². The van der Waals surface area contributed by atoms with E-state index in [4.69, 9.17) is 5.73 Å². The zero-order chi connectivity index (χ0) is 18.6. The second-order valence-electron chi connectivity index (χ2n) is 7.88. The third-order valence-electron chi connectivity index (χ3n) is 5.71. The number of rotatable bonds is 5. The lowest BCUT2D eigenvalue weighted by Gasteiger charge is -2.25. The molecule has 2 saturated carbocycles. The Morgan fingerprint density at radius 2 is 1.81 bits per heavy atom. The van der Waals surface area contributed by atoms with E-state index in [0.717, 1.165) is 63.4 Å². The lowest BCUT2D eigenvalue weighted by Crippen LogP contribution is -2.34. The minimum absolute atomic E-state index is 0. The first kappa shape index (κ1) is 22.2. The van der Waals surface area contributed by atoms with Gasteiger partial charge in [-0.1, -0.05) is 37.8 Å². The molecule has 0 radical (unpaired) electrons. The highest BCUT2D eigenvalue weighted by Gasteiger charge is 2.28. The number of anilines is 1. The molecule has 2 unspecified atom stereocenters. The van der Waals surface area contributed by atoms with Gasteiger partial charge in [-0.25, -0.2) is 8.42 Å². The molecule has 27 heavy (non-hydrogen) atoms. The van der Waals surface area contributed by atoms with Crippen molar-refractivity contribution in [2.75, 3.05) is 5.32 Å². The van der Waals surface area contributed by atoms with Gasteiger partial charge in [0.05, 0.1) is 11.0 Å². The van der Waals surface area contributed by atoms with Crippen LogP contribution >= 0.6 is 12.4 Å². The summed E-state index contributed by atoms with van der Waals surface area (Å²) in [5.74, 6) is -0.00353. The molecule has 0 bridgehead atoms. The molecule has 0 spiro atoms. The molecule has 3 N–H and O–H groups in total. The van der Waals surface area contributed by atoms with E-state index in [9.17, 15) is 13.2 Å². The number of nitrogens with two attached hydrogens (primary N) is 1. The largest absolute Gasteiger partial charge is 0.328 e. The van der Waals surface area contributed by atoms with Crippen molar-refractivity contribution in [3.05, 3.63) is 29.8 Å². The fourth-order valence-corrected chi connectivity index (χ4v) is 6.15. The van der Waals surface area contributed by atoms with E-state index in [2.05, 4.69) is 5.32 Å². The number of amides is 1.